The molecule has 8 heteroatoms. The van der Waals surface area contributed by atoms with E-state index >= 15 is 0 Å². The first-order valence-corrected chi connectivity index (χ1v) is 7.62. The summed E-state index contributed by atoms with van der Waals surface area (Å²) < 4.78 is 6.17. The molecule has 0 bridgehead atoms. The number of amides is 1. The topological polar surface area (TPSA) is 106 Å². The van der Waals surface area contributed by atoms with E-state index in [1.165, 1.54) is 4.68 Å². The standard InChI is InChI=1S/C16H20N4O4/c1-2-24-15(22)10-20-9-13(18-19-20)8-17-16(23)14(11-21)12-6-4-3-5-7-12/h3-7,9,14,21H,2,8,10-11H2,1H3,(H,17,23). The number of aromatic nitrogens is 3. The first kappa shape index (κ1) is 17.6. The number of carbonyl (C=O) groups excluding carboxylic acids is 2. The minimum absolute atomic E-state index is 0.0297. The molecule has 0 aliphatic rings. The monoisotopic (exact) mass is 332 g/mol. The van der Waals surface area contributed by atoms with Gasteiger partial charge in [-0.2, -0.15) is 0 Å². The number of ether oxygens (including phenoxy) is 1. The fourth-order valence-corrected chi connectivity index (χ4v) is 2.16. The summed E-state index contributed by atoms with van der Waals surface area (Å²) in [6.45, 7) is 1.87. The molecule has 0 aliphatic heterocycles. The molecular formula is C16H20N4O4. The van der Waals surface area contributed by atoms with Gasteiger partial charge in [0.2, 0.25) is 5.91 Å². The maximum absolute atomic E-state index is 12.2. The van der Waals surface area contributed by atoms with Crippen LogP contribution in [0.3, 0.4) is 0 Å². The second-order valence-electron chi connectivity index (χ2n) is 5.08. The molecule has 2 aromatic rings. The SMILES string of the molecule is CCOC(=O)Cn1cc(CNC(=O)C(CO)c2ccccc2)nn1. The number of rotatable bonds is 8. The molecule has 1 unspecified atom stereocenters. The highest BCUT2D eigenvalue weighted by molar-refractivity contribution is 5.83. The smallest absolute Gasteiger partial charge is 0.327 e. The van der Waals surface area contributed by atoms with Crippen molar-refractivity contribution in [3.63, 3.8) is 0 Å². The number of nitrogens with one attached hydrogen (secondary N) is 1. The molecule has 8 nitrogen and oxygen atoms in total. The molecule has 0 spiro atoms. The Kier molecular flexibility index (Phi) is 6.44. The number of carbonyl (C=O) groups is 2. The summed E-state index contributed by atoms with van der Waals surface area (Å²) in [5.41, 5.74) is 1.25. The van der Waals surface area contributed by atoms with Crippen molar-refractivity contribution in [1.82, 2.24) is 20.3 Å². The van der Waals surface area contributed by atoms with Crippen molar-refractivity contribution in [1.29, 1.82) is 0 Å². The lowest BCUT2D eigenvalue weighted by Gasteiger charge is -2.14. The Bertz CT molecular complexity index is 672. The fraction of sp³-hybridized carbons (Fsp3) is 0.375. The van der Waals surface area contributed by atoms with Crippen LogP contribution in [0.1, 0.15) is 24.1 Å². The number of hydrogen-bond acceptors (Lipinski definition) is 6. The lowest BCUT2D eigenvalue weighted by molar-refractivity contribution is -0.144. The lowest BCUT2D eigenvalue weighted by Crippen LogP contribution is -2.31. The van der Waals surface area contributed by atoms with Crippen molar-refractivity contribution >= 4 is 11.9 Å². The molecule has 24 heavy (non-hydrogen) atoms. The van der Waals surface area contributed by atoms with E-state index in [1.807, 2.05) is 18.2 Å². The molecule has 0 radical (unpaired) electrons. The molecule has 2 N–H and O–H groups in total. The van der Waals surface area contributed by atoms with E-state index in [9.17, 15) is 14.7 Å². The number of aliphatic hydroxyl groups excluding tert-OH is 1. The highest BCUT2D eigenvalue weighted by Gasteiger charge is 2.19. The molecule has 1 aromatic heterocycles. The summed E-state index contributed by atoms with van der Waals surface area (Å²) in [6, 6.07) is 9.04. The van der Waals surface area contributed by atoms with Crippen molar-refractivity contribution in [2.24, 2.45) is 0 Å². The number of benzene rings is 1. The van der Waals surface area contributed by atoms with Gasteiger partial charge in [-0.3, -0.25) is 9.59 Å². The average molecular weight is 332 g/mol. The third-order valence-corrected chi connectivity index (χ3v) is 3.33. The minimum atomic E-state index is -0.638. The van der Waals surface area contributed by atoms with Crippen LogP contribution in [0.25, 0.3) is 0 Å². The molecule has 0 saturated carbocycles. The maximum atomic E-state index is 12.2. The predicted molar refractivity (Wildman–Crippen MR) is 84.8 cm³/mol. The van der Waals surface area contributed by atoms with E-state index in [-0.39, 0.29) is 25.6 Å². The zero-order valence-corrected chi connectivity index (χ0v) is 13.4. The highest BCUT2D eigenvalue weighted by atomic mass is 16.5. The van der Waals surface area contributed by atoms with Crippen molar-refractivity contribution in [2.45, 2.75) is 25.9 Å². The Balaban J connectivity index is 1.89. The Morgan fingerprint density at radius 1 is 1.33 bits per heavy atom. The summed E-state index contributed by atoms with van der Waals surface area (Å²) in [4.78, 5) is 23.6. The molecule has 0 aliphatic carbocycles. The largest absolute Gasteiger partial charge is 0.465 e. The van der Waals surface area contributed by atoms with E-state index < -0.39 is 11.9 Å². The van der Waals surface area contributed by atoms with Gasteiger partial charge in [0.1, 0.15) is 12.2 Å². The van der Waals surface area contributed by atoms with Gasteiger partial charge in [0.15, 0.2) is 0 Å². The van der Waals surface area contributed by atoms with Crippen LogP contribution in [0.4, 0.5) is 0 Å². The van der Waals surface area contributed by atoms with Crippen molar-refractivity contribution in [2.75, 3.05) is 13.2 Å². The molecule has 1 aromatic carbocycles. The molecule has 0 saturated heterocycles. The van der Waals surface area contributed by atoms with Crippen molar-refractivity contribution in [3.8, 4) is 0 Å². The first-order valence-electron chi connectivity index (χ1n) is 7.62. The summed E-state index contributed by atoms with van der Waals surface area (Å²) in [7, 11) is 0. The van der Waals surface area contributed by atoms with Crippen molar-refractivity contribution in [3.05, 3.63) is 47.8 Å². The zero-order chi connectivity index (χ0) is 17.4. The lowest BCUT2D eigenvalue weighted by atomic mass is 9.99. The van der Waals surface area contributed by atoms with Gasteiger partial charge >= 0.3 is 5.97 Å². The van der Waals surface area contributed by atoms with Crippen LogP contribution >= 0.6 is 0 Å². The molecule has 1 atom stereocenters. The molecule has 2 rings (SSSR count). The van der Waals surface area contributed by atoms with E-state index in [0.717, 1.165) is 5.56 Å². The number of nitrogens with zero attached hydrogens (tertiary/aromatic N) is 3. The van der Waals surface area contributed by atoms with Crippen LogP contribution in [-0.4, -0.2) is 45.2 Å². The molecule has 1 heterocycles. The third kappa shape index (κ3) is 4.88. The number of hydrogen-bond donors (Lipinski definition) is 2. The van der Waals surface area contributed by atoms with Crippen LogP contribution in [0.5, 0.6) is 0 Å². The molecular weight excluding hydrogens is 312 g/mol. The van der Waals surface area contributed by atoms with Crippen LogP contribution < -0.4 is 5.32 Å². The van der Waals surface area contributed by atoms with E-state index in [0.29, 0.717) is 12.3 Å². The number of esters is 1. The van der Waals surface area contributed by atoms with Crippen LogP contribution in [0.15, 0.2) is 36.5 Å². The Hall–Kier alpha value is -2.74. The molecule has 0 fully saturated rings. The van der Waals surface area contributed by atoms with Gasteiger partial charge in [-0.15, -0.1) is 5.10 Å². The first-order chi connectivity index (χ1) is 11.6. The Morgan fingerprint density at radius 3 is 2.75 bits per heavy atom. The fourth-order valence-electron chi connectivity index (χ4n) is 2.16. The van der Waals surface area contributed by atoms with Crippen molar-refractivity contribution < 1.29 is 19.4 Å². The Morgan fingerprint density at radius 2 is 2.08 bits per heavy atom. The van der Waals surface area contributed by atoms with Crippen LogP contribution in [-0.2, 0) is 27.4 Å². The second kappa shape index (κ2) is 8.78. The Labute approximate surface area is 139 Å². The molecule has 128 valence electrons. The van der Waals surface area contributed by atoms with Crippen LogP contribution in [0, 0.1) is 0 Å². The second-order valence-corrected chi connectivity index (χ2v) is 5.08. The van der Waals surface area contributed by atoms with Crippen LogP contribution in [0.2, 0.25) is 0 Å². The van der Waals surface area contributed by atoms with Gasteiger partial charge in [0.25, 0.3) is 0 Å². The van der Waals surface area contributed by atoms with E-state index in [1.54, 1.807) is 25.3 Å². The van der Waals surface area contributed by atoms with E-state index in [4.69, 9.17) is 4.74 Å². The van der Waals surface area contributed by atoms with Gasteiger partial charge in [-0.25, -0.2) is 4.68 Å². The zero-order valence-electron chi connectivity index (χ0n) is 13.4. The summed E-state index contributed by atoms with van der Waals surface area (Å²) in [5.74, 6) is -1.34. The van der Waals surface area contributed by atoms with Gasteiger partial charge in [-0.05, 0) is 12.5 Å². The summed E-state index contributed by atoms with van der Waals surface area (Å²) in [5, 5.41) is 19.9. The summed E-state index contributed by atoms with van der Waals surface area (Å²) in [6.07, 6.45) is 1.56. The van der Waals surface area contributed by atoms with Gasteiger partial charge in [0.05, 0.1) is 31.9 Å². The maximum Gasteiger partial charge on any atom is 0.327 e. The van der Waals surface area contributed by atoms with Gasteiger partial charge < -0.3 is 15.2 Å². The average Bonchev–Trinajstić information content (AvgIpc) is 3.02. The quantitative estimate of drug-likeness (QED) is 0.671. The number of aliphatic hydroxyl groups is 1. The van der Waals surface area contributed by atoms with Gasteiger partial charge in [0, 0.05) is 0 Å². The predicted octanol–water partition coefficient (Wildman–Crippen LogP) is 0.233. The van der Waals surface area contributed by atoms with Gasteiger partial charge in [-0.1, -0.05) is 35.5 Å². The van der Waals surface area contributed by atoms with E-state index in [2.05, 4.69) is 15.6 Å². The third-order valence-electron chi connectivity index (χ3n) is 3.33. The summed E-state index contributed by atoms with van der Waals surface area (Å²) >= 11 is 0. The normalized spacial score (nSPS) is 11.8. The minimum Gasteiger partial charge on any atom is -0.465 e. The highest BCUT2D eigenvalue weighted by Crippen LogP contribution is 2.14. The molecule has 1 amide bonds.